The third-order valence-corrected chi connectivity index (χ3v) is 2.06. The van der Waals surface area contributed by atoms with Crippen molar-refractivity contribution in [1.29, 1.82) is 0 Å². The second-order valence-electron chi connectivity index (χ2n) is 3.11. The van der Waals surface area contributed by atoms with Crippen LogP contribution < -0.4 is 5.32 Å². The fourth-order valence-electron chi connectivity index (χ4n) is 1.36. The van der Waals surface area contributed by atoms with Gasteiger partial charge in [0.2, 0.25) is 0 Å². The molecule has 1 amide bonds. The maximum absolute atomic E-state index is 10.6. The van der Waals surface area contributed by atoms with Crippen LogP contribution >= 0.6 is 0 Å². The van der Waals surface area contributed by atoms with E-state index in [-0.39, 0.29) is 11.5 Å². The number of hydrogen-bond donors (Lipinski definition) is 2. The second-order valence-corrected chi connectivity index (χ2v) is 3.11. The monoisotopic (exact) mass is 234 g/mol. The van der Waals surface area contributed by atoms with Crippen molar-refractivity contribution in [2.24, 2.45) is 0 Å². The standard InChI is InChI=1S/C9H6N4O4/c14-9(15)12-8-6-2-1-5(13(16)17)3-7(6)10-4-11-8/h1-4H,(H,14,15)(H,10,11,12). The number of aromatic nitrogens is 2. The van der Waals surface area contributed by atoms with Gasteiger partial charge in [-0.05, 0) is 6.07 Å². The molecule has 0 spiro atoms. The first kappa shape index (κ1) is 10.7. The molecule has 2 aromatic rings. The molecule has 0 fully saturated rings. The van der Waals surface area contributed by atoms with Crippen molar-refractivity contribution in [2.75, 3.05) is 5.32 Å². The lowest BCUT2D eigenvalue weighted by Gasteiger charge is -2.03. The maximum Gasteiger partial charge on any atom is 0.410 e. The van der Waals surface area contributed by atoms with Gasteiger partial charge >= 0.3 is 6.09 Å². The quantitative estimate of drug-likeness (QED) is 0.602. The summed E-state index contributed by atoms with van der Waals surface area (Å²) in [5.41, 5.74) is 0.190. The number of nitrogens with zero attached hydrogens (tertiary/aromatic N) is 3. The summed E-state index contributed by atoms with van der Waals surface area (Å²) in [7, 11) is 0. The molecular weight excluding hydrogens is 228 g/mol. The van der Waals surface area contributed by atoms with Gasteiger partial charge in [-0.15, -0.1) is 0 Å². The molecule has 0 saturated carbocycles. The number of non-ortho nitro benzene ring substituents is 1. The molecule has 8 nitrogen and oxygen atoms in total. The molecule has 2 rings (SSSR count). The Balaban J connectivity index is 2.58. The lowest BCUT2D eigenvalue weighted by molar-refractivity contribution is -0.384. The summed E-state index contributed by atoms with van der Waals surface area (Å²) in [6, 6.07) is 3.92. The zero-order valence-electron chi connectivity index (χ0n) is 8.32. The smallest absolute Gasteiger partial charge is 0.410 e. The second kappa shape index (κ2) is 4.00. The lowest BCUT2D eigenvalue weighted by atomic mass is 10.2. The Bertz CT molecular complexity index is 613. The Morgan fingerprint density at radius 2 is 2.18 bits per heavy atom. The van der Waals surface area contributed by atoms with E-state index in [0.29, 0.717) is 10.9 Å². The van der Waals surface area contributed by atoms with E-state index in [0.717, 1.165) is 6.33 Å². The topological polar surface area (TPSA) is 118 Å². The van der Waals surface area contributed by atoms with Gasteiger partial charge in [0.25, 0.3) is 5.69 Å². The van der Waals surface area contributed by atoms with Crippen molar-refractivity contribution in [3.05, 3.63) is 34.6 Å². The molecule has 0 saturated heterocycles. The number of carboxylic acid groups (broad SMARTS) is 1. The van der Waals surface area contributed by atoms with Gasteiger partial charge in [0.1, 0.15) is 12.1 Å². The highest BCUT2D eigenvalue weighted by Crippen LogP contribution is 2.23. The largest absolute Gasteiger partial charge is 0.465 e. The number of carbonyl (C=O) groups is 1. The molecule has 1 heterocycles. The first-order chi connectivity index (χ1) is 8.08. The van der Waals surface area contributed by atoms with Gasteiger partial charge in [-0.3, -0.25) is 15.4 Å². The van der Waals surface area contributed by atoms with Crippen molar-refractivity contribution in [1.82, 2.24) is 9.97 Å². The van der Waals surface area contributed by atoms with E-state index >= 15 is 0 Å². The van der Waals surface area contributed by atoms with Gasteiger partial charge in [0.05, 0.1) is 10.4 Å². The SMILES string of the molecule is O=C(O)Nc1ncnc2cc([N+](=O)[O-])ccc12. The summed E-state index contributed by atoms with van der Waals surface area (Å²) in [5, 5.41) is 21.6. The van der Waals surface area contributed by atoms with E-state index in [1.54, 1.807) is 0 Å². The Morgan fingerprint density at radius 3 is 2.82 bits per heavy atom. The van der Waals surface area contributed by atoms with Crippen LogP contribution in [-0.2, 0) is 0 Å². The number of nitrogens with one attached hydrogen (secondary N) is 1. The van der Waals surface area contributed by atoms with Gasteiger partial charge in [-0.1, -0.05) is 0 Å². The first-order valence-electron chi connectivity index (χ1n) is 4.47. The van der Waals surface area contributed by atoms with Crippen LogP contribution in [0.2, 0.25) is 0 Å². The Kier molecular flexibility index (Phi) is 2.53. The van der Waals surface area contributed by atoms with Crippen LogP contribution in [0.15, 0.2) is 24.5 Å². The molecule has 2 N–H and O–H groups in total. The van der Waals surface area contributed by atoms with Crippen molar-refractivity contribution in [2.45, 2.75) is 0 Å². The van der Waals surface area contributed by atoms with E-state index < -0.39 is 11.0 Å². The molecule has 0 aliphatic heterocycles. The van der Waals surface area contributed by atoms with E-state index in [9.17, 15) is 14.9 Å². The molecule has 86 valence electrons. The van der Waals surface area contributed by atoms with Crippen LogP contribution in [0.4, 0.5) is 16.3 Å². The summed E-state index contributed by atoms with van der Waals surface area (Å²) >= 11 is 0. The number of nitro groups is 1. The number of nitro benzene ring substituents is 1. The minimum atomic E-state index is -1.26. The van der Waals surface area contributed by atoms with E-state index in [1.165, 1.54) is 18.2 Å². The Hall–Kier alpha value is -2.77. The van der Waals surface area contributed by atoms with Crippen molar-refractivity contribution in [3.8, 4) is 0 Å². The number of rotatable bonds is 2. The maximum atomic E-state index is 10.6. The average molecular weight is 234 g/mol. The fraction of sp³-hybridized carbons (Fsp3) is 0. The number of anilines is 1. The highest BCUT2D eigenvalue weighted by atomic mass is 16.6. The molecule has 8 heteroatoms. The minimum absolute atomic E-state index is 0.0948. The highest BCUT2D eigenvalue weighted by Gasteiger charge is 2.11. The van der Waals surface area contributed by atoms with Gasteiger partial charge in [-0.2, -0.15) is 0 Å². The van der Waals surface area contributed by atoms with Gasteiger partial charge in [0, 0.05) is 17.5 Å². The van der Waals surface area contributed by atoms with Crippen LogP contribution in [0.25, 0.3) is 10.9 Å². The van der Waals surface area contributed by atoms with Gasteiger partial charge in [0.15, 0.2) is 0 Å². The summed E-state index contributed by atoms with van der Waals surface area (Å²) in [4.78, 5) is 28.1. The number of hydrogen-bond acceptors (Lipinski definition) is 5. The highest BCUT2D eigenvalue weighted by molar-refractivity contribution is 5.96. The van der Waals surface area contributed by atoms with Crippen LogP contribution in [0.3, 0.4) is 0 Å². The molecule has 0 radical (unpaired) electrons. The van der Waals surface area contributed by atoms with Crippen LogP contribution in [0, 0.1) is 10.1 Å². The minimum Gasteiger partial charge on any atom is -0.465 e. The Morgan fingerprint density at radius 1 is 1.41 bits per heavy atom. The van der Waals surface area contributed by atoms with Crippen LogP contribution in [0.5, 0.6) is 0 Å². The van der Waals surface area contributed by atoms with Crippen molar-refractivity contribution in [3.63, 3.8) is 0 Å². The molecular formula is C9H6N4O4. The molecule has 0 aliphatic carbocycles. The summed E-state index contributed by atoms with van der Waals surface area (Å²) in [5.74, 6) is 0.0948. The third kappa shape index (κ3) is 2.09. The summed E-state index contributed by atoms with van der Waals surface area (Å²) in [6.07, 6.45) is -0.125. The van der Waals surface area contributed by atoms with Crippen LogP contribution in [-0.4, -0.2) is 26.1 Å². The van der Waals surface area contributed by atoms with Crippen molar-refractivity contribution >= 4 is 28.5 Å². The molecule has 17 heavy (non-hydrogen) atoms. The zero-order valence-corrected chi connectivity index (χ0v) is 8.32. The lowest BCUT2D eigenvalue weighted by Crippen LogP contribution is -2.09. The molecule has 0 bridgehead atoms. The van der Waals surface area contributed by atoms with Crippen LogP contribution in [0.1, 0.15) is 0 Å². The van der Waals surface area contributed by atoms with Gasteiger partial charge in [-0.25, -0.2) is 14.8 Å². The summed E-state index contributed by atoms with van der Waals surface area (Å²) < 4.78 is 0. The molecule has 0 atom stereocenters. The first-order valence-corrected chi connectivity index (χ1v) is 4.47. The molecule has 0 aliphatic rings. The predicted molar refractivity (Wildman–Crippen MR) is 57.8 cm³/mol. The van der Waals surface area contributed by atoms with Gasteiger partial charge < -0.3 is 5.11 Å². The van der Waals surface area contributed by atoms with E-state index in [2.05, 4.69) is 15.3 Å². The molecule has 0 unspecified atom stereocenters. The Labute approximate surface area is 94.1 Å². The number of amides is 1. The molecule has 1 aromatic heterocycles. The third-order valence-electron chi connectivity index (χ3n) is 2.06. The predicted octanol–water partition coefficient (Wildman–Crippen LogP) is 1.63. The number of benzene rings is 1. The fourth-order valence-corrected chi connectivity index (χ4v) is 1.36. The van der Waals surface area contributed by atoms with Crippen molar-refractivity contribution < 1.29 is 14.8 Å². The normalized spacial score (nSPS) is 10.1. The summed E-state index contributed by atoms with van der Waals surface area (Å²) in [6.45, 7) is 0. The van der Waals surface area contributed by atoms with E-state index in [4.69, 9.17) is 5.11 Å². The number of fused-ring (bicyclic) bond motifs is 1. The molecule has 1 aromatic carbocycles. The zero-order chi connectivity index (χ0) is 12.4. The van der Waals surface area contributed by atoms with E-state index in [1.807, 2.05) is 0 Å². The average Bonchev–Trinajstić information content (AvgIpc) is 2.28.